The number of benzene rings is 1. The smallest absolute Gasteiger partial charge is 0.180 e. The quantitative estimate of drug-likeness (QED) is 0.721. The molecule has 0 bridgehead atoms. The van der Waals surface area contributed by atoms with Gasteiger partial charge in [-0.25, -0.2) is 9.97 Å². The molecule has 1 aliphatic rings. The van der Waals surface area contributed by atoms with E-state index in [1.165, 1.54) is 0 Å². The van der Waals surface area contributed by atoms with Crippen molar-refractivity contribution in [1.82, 2.24) is 14.4 Å². The zero-order chi connectivity index (χ0) is 17.2. The Balaban J connectivity index is 1.65. The van der Waals surface area contributed by atoms with Gasteiger partial charge in [-0.1, -0.05) is 0 Å². The van der Waals surface area contributed by atoms with Crippen molar-refractivity contribution in [3.05, 3.63) is 41.4 Å². The Kier molecular flexibility index (Phi) is 4.46. The van der Waals surface area contributed by atoms with Crippen molar-refractivity contribution in [1.29, 1.82) is 0 Å². The van der Waals surface area contributed by atoms with Crippen LogP contribution >= 0.6 is 15.9 Å². The first-order valence-corrected chi connectivity index (χ1v) is 8.81. The maximum Gasteiger partial charge on any atom is 0.180 e. The van der Waals surface area contributed by atoms with Gasteiger partial charge in [0.2, 0.25) is 0 Å². The Labute approximate surface area is 153 Å². The Bertz CT molecular complexity index is 892. The second-order valence-corrected chi connectivity index (χ2v) is 6.49. The highest BCUT2D eigenvalue weighted by Gasteiger charge is 2.16. The summed E-state index contributed by atoms with van der Waals surface area (Å²) in [6, 6.07) is 6.06. The summed E-state index contributed by atoms with van der Waals surface area (Å²) in [4.78, 5) is 11.1. The second kappa shape index (κ2) is 6.89. The molecule has 25 heavy (non-hydrogen) atoms. The van der Waals surface area contributed by atoms with Crippen LogP contribution in [0.2, 0.25) is 0 Å². The molecule has 0 unspecified atom stereocenters. The Morgan fingerprint density at radius 3 is 2.92 bits per heavy atom. The van der Waals surface area contributed by atoms with Crippen LogP contribution in [-0.2, 0) is 4.74 Å². The van der Waals surface area contributed by atoms with E-state index in [9.17, 15) is 0 Å². The Hall–Kier alpha value is -2.32. The molecule has 3 aromatic rings. The topological polar surface area (TPSA) is 63.9 Å². The van der Waals surface area contributed by atoms with Gasteiger partial charge in [0.15, 0.2) is 11.5 Å². The maximum absolute atomic E-state index is 5.60. The van der Waals surface area contributed by atoms with Crippen molar-refractivity contribution in [3.63, 3.8) is 0 Å². The minimum absolute atomic E-state index is 0.681. The molecule has 7 nitrogen and oxygen atoms in total. The third-order valence-electron chi connectivity index (χ3n) is 4.14. The van der Waals surface area contributed by atoms with Gasteiger partial charge in [-0.2, -0.15) is 0 Å². The predicted molar refractivity (Wildman–Crippen MR) is 100.0 cm³/mol. The summed E-state index contributed by atoms with van der Waals surface area (Å²) in [5, 5.41) is 3.33. The van der Waals surface area contributed by atoms with Crippen LogP contribution < -0.4 is 15.0 Å². The molecule has 0 aliphatic carbocycles. The number of halogens is 1. The van der Waals surface area contributed by atoms with Gasteiger partial charge in [0.05, 0.1) is 26.0 Å². The van der Waals surface area contributed by atoms with Crippen LogP contribution in [0.4, 0.5) is 17.2 Å². The first kappa shape index (κ1) is 16.2. The third kappa shape index (κ3) is 3.27. The minimum atomic E-state index is 0.681. The van der Waals surface area contributed by atoms with Crippen molar-refractivity contribution in [2.45, 2.75) is 0 Å². The van der Waals surface area contributed by atoms with Crippen LogP contribution in [0.5, 0.6) is 5.75 Å². The number of nitrogens with one attached hydrogen (secondary N) is 1. The van der Waals surface area contributed by atoms with Crippen molar-refractivity contribution in [2.24, 2.45) is 0 Å². The van der Waals surface area contributed by atoms with E-state index in [-0.39, 0.29) is 0 Å². The molecule has 1 aromatic carbocycles. The molecule has 1 aliphatic heterocycles. The average Bonchev–Trinajstić information content (AvgIpc) is 3.11. The lowest BCUT2D eigenvalue weighted by atomic mass is 10.2. The molecule has 0 amide bonds. The monoisotopic (exact) mass is 403 g/mol. The standard InChI is InChI=1S/C17H18BrN5O2/c1-24-14-10-12(2-3-13(14)22-6-8-25-9-7-22)20-16-17-19-4-5-23(17)11-15(18)21-16/h2-5,10-11H,6-9H2,1H3,(H,20,21). The van der Waals surface area contributed by atoms with Gasteiger partial charge < -0.3 is 24.1 Å². The number of anilines is 3. The number of aromatic nitrogens is 3. The van der Waals surface area contributed by atoms with E-state index in [0.717, 1.165) is 53.7 Å². The lowest BCUT2D eigenvalue weighted by Crippen LogP contribution is -2.36. The summed E-state index contributed by atoms with van der Waals surface area (Å²) in [5.41, 5.74) is 2.73. The van der Waals surface area contributed by atoms with Crippen molar-refractivity contribution < 1.29 is 9.47 Å². The van der Waals surface area contributed by atoms with Crippen LogP contribution in [-0.4, -0.2) is 47.8 Å². The SMILES string of the molecule is COc1cc(Nc2nc(Br)cn3ccnc23)ccc1N1CCOCC1. The molecule has 0 atom stereocenters. The van der Waals surface area contributed by atoms with Crippen molar-refractivity contribution in [3.8, 4) is 5.75 Å². The summed E-state index contributed by atoms with van der Waals surface area (Å²) in [5.74, 6) is 1.50. The Morgan fingerprint density at radius 1 is 1.28 bits per heavy atom. The first-order chi connectivity index (χ1) is 12.2. The summed E-state index contributed by atoms with van der Waals surface area (Å²) >= 11 is 3.43. The van der Waals surface area contributed by atoms with Crippen LogP contribution in [0.15, 0.2) is 41.4 Å². The van der Waals surface area contributed by atoms with Gasteiger partial charge in [-0.05, 0) is 28.1 Å². The number of fused-ring (bicyclic) bond motifs is 1. The average molecular weight is 404 g/mol. The highest BCUT2D eigenvalue weighted by atomic mass is 79.9. The number of ether oxygens (including phenoxy) is 2. The second-order valence-electron chi connectivity index (χ2n) is 5.68. The fourth-order valence-electron chi connectivity index (χ4n) is 2.94. The van der Waals surface area contributed by atoms with E-state index >= 15 is 0 Å². The molecule has 0 spiro atoms. The summed E-state index contributed by atoms with van der Waals surface area (Å²) < 4.78 is 13.7. The van der Waals surface area contributed by atoms with Gasteiger partial charge in [-0.15, -0.1) is 0 Å². The fraction of sp³-hybridized carbons (Fsp3) is 0.294. The molecule has 1 N–H and O–H groups in total. The predicted octanol–water partition coefficient (Wildman–Crippen LogP) is 3.08. The van der Waals surface area contributed by atoms with Crippen LogP contribution in [0.25, 0.3) is 5.65 Å². The van der Waals surface area contributed by atoms with E-state index in [4.69, 9.17) is 9.47 Å². The highest BCUT2D eigenvalue weighted by Crippen LogP contribution is 2.33. The van der Waals surface area contributed by atoms with Crippen LogP contribution in [0.1, 0.15) is 0 Å². The highest BCUT2D eigenvalue weighted by molar-refractivity contribution is 9.10. The largest absolute Gasteiger partial charge is 0.495 e. The van der Waals surface area contributed by atoms with E-state index in [0.29, 0.717) is 5.82 Å². The molecular weight excluding hydrogens is 386 g/mol. The van der Waals surface area contributed by atoms with E-state index in [1.54, 1.807) is 13.3 Å². The molecule has 130 valence electrons. The van der Waals surface area contributed by atoms with Gasteiger partial charge in [0, 0.05) is 43.4 Å². The third-order valence-corrected chi connectivity index (χ3v) is 4.52. The molecule has 0 radical (unpaired) electrons. The minimum Gasteiger partial charge on any atom is -0.495 e. The lowest BCUT2D eigenvalue weighted by molar-refractivity contribution is 0.122. The summed E-state index contributed by atoms with van der Waals surface area (Å²) in [6.07, 6.45) is 5.50. The summed E-state index contributed by atoms with van der Waals surface area (Å²) in [6.45, 7) is 3.21. The van der Waals surface area contributed by atoms with Gasteiger partial charge in [0.1, 0.15) is 10.4 Å². The lowest BCUT2D eigenvalue weighted by Gasteiger charge is -2.30. The van der Waals surface area contributed by atoms with Crippen molar-refractivity contribution >= 4 is 38.8 Å². The number of rotatable bonds is 4. The van der Waals surface area contributed by atoms with E-state index in [2.05, 4.69) is 42.2 Å². The van der Waals surface area contributed by atoms with Gasteiger partial charge in [-0.3, -0.25) is 0 Å². The molecule has 4 rings (SSSR count). The molecule has 3 heterocycles. The normalized spacial score (nSPS) is 14.7. The Morgan fingerprint density at radius 2 is 2.12 bits per heavy atom. The fourth-order valence-corrected chi connectivity index (χ4v) is 3.34. The molecule has 1 fully saturated rings. The number of imidazole rings is 1. The molecular formula is C17H18BrN5O2. The van der Waals surface area contributed by atoms with Crippen molar-refractivity contribution in [2.75, 3.05) is 43.6 Å². The van der Waals surface area contributed by atoms with Crippen LogP contribution in [0, 0.1) is 0 Å². The first-order valence-electron chi connectivity index (χ1n) is 8.01. The number of morpholine rings is 1. The number of nitrogens with zero attached hydrogens (tertiary/aromatic N) is 4. The maximum atomic E-state index is 5.60. The number of hydrogen-bond acceptors (Lipinski definition) is 6. The number of hydrogen-bond donors (Lipinski definition) is 1. The zero-order valence-electron chi connectivity index (χ0n) is 13.8. The van der Waals surface area contributed by atoms with Gasteiger partial charge >= 0.3 is 0 Å². The summed E-state index contributed by atoms with van der Waals surface area (Å²) in [7, 11) is 1.69. The molecule has 0 saturated carbocycles. The molecule has 1 saturated heterocycles. The molecule has 2 aromatic heterocycles. The van der Waals surface area contributed by atoms with Gasteiger partial charge in [0.25, 0.3) is 0 Å². The number of methoxy groups -OCH3 is 1. The molecule has 8 heteroatoms. The van der Waals surface area contributed by atoms with E-state index < -0.39 is 0 Å². The van der Waals surface area contributed by atoms with Crippen LogP contribution in [0.3, 0.4) is 0 Å². The van der Waals surface area contributed by atoms with E-state index in [1.807, 2.05) is 28.9 Å². The zero-order valence-corrected chi connectivity index (χ0v) is 15.4.